The highest BCUT2D eigenvalue weighted by molar-refractivity contribution is 5.91. The molecule has 0 radical (unpaired) electrons. The van der Waals surface area contributed by atoms with E-state index in [0.717, 1.165) is 50.8 Å². The molecular weight excluding hydrogens is 370 g/mol. The van der Waals surface area contributed by atoms with Crippen molar-refractivity contribution in [2.45, 2.75) is 76.3 Å². The summed E-state index contributed by atoms with van der Waals surface area (Å²) in [5, 5.41) is 0. The topological polar surface area (TPSA) is 65.1 Å². The second kappa shape index (κ2) is 5.85. The number of carbonyl (C=O) groups is 2. The van der Waals surface area contributed by atoms with Crippen molar-refractivity contribution in [3.05, 3.63) is 11.6 Å². The Balaban J connectivity index is 1.48. The van der Waals surface area contributed by atoms with E-state index in [-0.39, 0.29) is 47.6 Å². The van der Waals surface area contributed by atoms with E-state index < -0.39 is 5.60 Å². The van der Waals surface area contributed by atoms with E-state index in [1.54, 1.807) is 0 Å². The normalized spacial score (nSPS) is 53.2. The molecule has 5 heterocycles. The number of ether oxygens (including phenoxy) is 3. The monoisotopic (exact) mass is 401 g/mol. The number of fused-ring (bicyclic) bond motifs is 1. The SMILES string of the molecule is CC[C@H]1[C@@H]2[C@H]3CCCN4[C@H]([C@@H]5C[C@H](C)C(=O)O5)C[C@@H]([C@]15C=C(C)C(=O)O5)[C@@]24OC3. The summed E-state index contributed by atoms with van der Waals surface area (Å²) in [5.41, 5.74) is -0.229. The molecule has 6 rings (SSSR count). The molecule has 0 aromatic heterocycles. The van der Waals surface area contributed by atoms with Crippen LogP contribution in [-0.4, -0.2) is 53.5 Å². The fourth-order valence-electron chi connectivity index (χ4n) is 8.11. The standard InChI is InChI=1S/C23H31NO5/c1-4-15-19-14-6-5-7-24-16(17-8-12(2)20(25)28-17)9-18(23(19,24)27-11-14)22(15)10-13(3)21(26)29-22/h10,12,14-19H,4-9,11H2,1-3H3/t12-,14-,15-,16-,17-,18-,19-,22-,23+/m0/s1. The van der Waals surface area contributed by atoms with Crippen LogP contribution >= 0.6 is 0 Å². The molecule has 6 nitrogen and oxygen atoms in total. The molecule has 9 atom stereocenters. The van der Waals surface area contributed by atoms with Crippen LogP contribution in [0.4, 0.5) is 0 Å². The summed E-state index contributed by atoms with van der Waals surface area (Å²) in [5.74, 6) is 0.982. The zero-order valence-electron chi connectivity index (χ0n) is 17.6. The molecule has 4 saturated heterocycles. The maximum atomic E-state index is 12.6. The van der Waals surface area contributed by atoms with Crippen molar-refractivity contribution in [1.82, 2.24) is 4.90 Å². The Labute approximate surface area is 171 Å². The first-order chi connectivity index (χ1) is 13.9. The zero-order valence-corrected chi connectivity index (χ0v) is 17.6. The van der Waals surface area contributed by atoms with E-state index in [0.29, 0.717) is 11.8 Å². The first-order valence-corrected chi connectivity index (χ1v) is 11.5. The Morgan fingerprint density at radius 2 is 2.10 bits per heavy atom. The van der Waals surface area contributed by atoms with Gasteiger partial charge in [-0.3, -0.25) is 9.69 Å². The average molecular weight is 402 g/mol. The lowest BCUT2D eigenvalue weighted by atomic mass is 9.75. The number of rotatable bonds is 2. The number of nitrogens with zero attached hydrogens (tertiary/aromatic N) is 1. The van der Waals surface area contributed by atoms with Gasteiger partial charge in [0, 0.05) is 35.9 Å². The summed E-state index contributed by atoms with van der Waals surface area (Å²) >= 11 is 0. The van der Waals surface area contributed by atoms with Gasteiger partial charge in [0.25, 0.3) is 0 Å². The number of esters is 2. The molecule has 158 valence electrons. The molecule has 0 aromatic carbocycles. The lowest BCUT2D eigenvalue weighted by Gasteiger charge is -2.41. The van der Waals surface area contributed by atoms with E-state index in [1.165, 1.54) is 0 Å². The van der Waals surface area contributed by atoms with Gasteiger partial charge in [-0.15, -0.1) is 0 Å². The highest BCUT2D eigenvalue weighted by atomic mass is 16.6. The van der Waals surface area contributed by atoms with Crippen LogP contribution < -0.4 is 0 Å². The van der Waals surface area contributed by atoms with Crippen LogP contribution in [0.25, 0.3) is 0 Å². The molecule has 0 amide bonds. The van der Waals surface area contributed by atoms with Crippen molar-refractivity contribution < 1.29 is 23.8 Å². The van der Waals surface area contributed by atoms with Gasteiger partial charge in [-0.05, 0) is 51.0 Å². The summed E-state index contributed by atoms with van der Waals surface area (Å²) < 4.78 is 18.8. The van der Waals surface area contributed by atoms with Gasteiger partial charge in [0.2, 0.25) is 0 Å². The van der Waals surface area contributed by atoms with Gasteiger partial charge in [0.05, 0.1) is 12.5 Å². The molecule has 1 saturated carbocycles. The minimum absolute atomic E-state index is 0.0400. The maximum absolute atomic E-state index is 12.6. The Morgan fingerprint density at radius 1 is 1.28 bits per heavy atom. The van der Waals surface area contributed by atoms with E-state index in [1.807, 2.05) is 13.8 Å². The Morgan fingerprint density at radius 3 is 2.76 bits per heavy atom. The van der Waals surface area contributed by atoms with Crippen LogP contribution in [0.2, 0.25) is 0 Å². The van der Waals surface area contributed by atoms with E-state index in [2.05, 4.69) is 17.9 Å². The molecule has 5 fully saturated rings. The van der Waals surface area contributed by atoms with Gasteiger partial charge < -0.3 is 14.2 Å². The zero-order chi connectivity index (χ0) is 20.1. The molecule has 6 heteroatoms. The number of hydrogen-bond acceptors (Lipinski definition) is 6. The van der Waals surface area contributed by atoms with Crippen molar-refractivity contribution in [3.63, 3.8) is 0 Å². The predicted octanol–water partition coefficient (Wildman–Crippen LogP) is 2.66. The largest absolute Gasteiger partial charge is 0.460 e. The number of cyclic esters (lactones) is 1. The molecule has 0 unspecified atom stereocenters. The van der Waals surface area contributed by atoms with Gasteiger partial charge in [-0.2, -0.15) is 0 Å². The molecule has 2 bridgehead atoms. The Bertz CT molecular complexity index is 809. The minimum Gasteiger partial charge on any atom is -0.460 e. The molecule has 6 aliphatic rings. The van der Waals surface area contributed by atoms with Gasteiger partial charge in [0.1, 0.15) is 17.4 Å². The van der Waals surface area contributed by atoms with Crippen LogP contribution in [0, 0.1) is 29.6 Å². The molecule has 5 aliphatic heterocycles. The molecule has 29 heavy (non-hydrogen) atoms. The van der Waals surface area contributed by atoms with Crippen LogP contribution in [0.1, 0.15) is 52.9 Å². The maximum Gasteiger partial charge on any atom is 0.334 e. The van der Waals surface area contributed by atoms with Gasteiger partial charge >= 0.3 is 11.9 Å². The molecule has 0 aromatic rings. The van der Waals surface area contributed by atoms with Crippen molar-refractivity contribution in [2.24, 2.45) is 29.6 Å². The first kappa shape index (κ1) is 18.4. The smallest absolute Gasteiger partial charge is 0.334 e. The molecular formula is C23H31NO5. The number of hydrogen-bond donors (Lipinski definition) is 0. The van der Waals surface area contributed by atoms with Gasteiger partial charge in [0.15, 0.2) is 0 Å². The third kappa shape index (κ3) is 2.05. The number of carbonyl (C=O) groups excluding carboxylic acids is 2. The average Bonchev–Trinajstić information content (AvgIpc) is 3.38. The lowest BCUT2D eigenvalue weighted by Crippen LogP contribution is -2.55. The van der Waals surface area contributed by atoms with Crippen LogP contribution in [0.5, 0.6) is 0 Å². The molecule has 2 spiro atoms. The highest BCUT2D eigenvalue weighted by Gasteiger charge is 2.79. The van der Waals surface area contributed by atoms with Crippen molar-refractivity contribution >= 4 is 11.9 Å². The van der Waals surface area contributed by atoms with Gasteiger partial charge in [-0.25, -0.2) is 4.79 Å². The van der Waals surface area contributed by atoms with E-state index in [9.17, 15) is 9.59 Å². The quantitative estimate of drug-likeness (QED) is 0.663. The summed E-state index contributed by atoms with van der Waals surface area (Å²) in [7, 11) is 0. The minimum atomic E-state index is -0.572. The lowest BCUT2D eigenvalue weighted by molar-refractivity contribution is -0.172. The van der Waals surface area contributed by atoms with Crippen molar-refractivity contribution in [2.75, 3.05) is 13.2 Å². The van der Waals surface area contributed by atoms with Crippen LogP contribution in [0.15, 0.2) is 11.6 Å². The Hall–Kier alpha value is -1.40. The second-order valence-electron chi connectivity index (χ2n) is 10.2. The third-order valence-corrected chi connectivity index (χ3v) is 9.03. The van der Waals surface area contributed by atoms with Gasteiger partial charge in [-0.1, -0.05) is 13.8 Å². The van der Waals surface area contributed by atoms with Crippen LogP contribution in [0.3, 0.4) is 0 Å². The van der Waals surface area contributed by atoms with E-state index in [4.69, 9.17) is 14.2 Å². The van der Waals surface area contributed by atoms with Crippen molar-refractivity contribution in [3.8, 4) is 0 Å². The third-order valence-electron chi connectivity index (χ3n) is 9.03. The summed E-state index contributed by atoms with van der Waals surface area (Å²) in [6.07, 6.45) is 6.97. The first-order valence-electron chi connectivity index (χ1n) is 11.5. The molecule has 0 N–H and O–H groups in total. The van der Waals surface area contributed by atoms with Crippen molar-refractivity contribution in [1.29, 1.82) is 0 Å². The summed E-state index contributed by atoms with van der Waals surface area (Å²) in [6.45, 7) is 7.84. The second-order valence-corrected chi connectivity index (χ2v) is 10.2. The Kier molecular flexibility index (Phi) is 3.71. The summed E-state index contributed by atoms with van der Waals surface area (Å²) in [6, 6.07) is 0.149. The highest BCUT2D eigenvalue weighted by Crippen LogP contribution is 2.70. The van der Waals surface area contributed by atoms with Crippen LogP contribution in [-0.2, 0) is 23.8 Å². The fourth-order valence-corrected chi connectivity index (χ4v) is 8.11. The predicted molar refractivity (Wildman–Crippen MR) is 104 cm³/mol. The molecule has 1 aliphatic carbocycles. The van der Waals surface area contributed by atoms with E-state index >= 15 is 0 Å². The fraction of sp³-hybridized carbons (Fsp3) is 0.826. The summed E-state index contributed by atoms with van der Waals surface area (Å²) in [4.78, 5) is 27.3.